The van der Waals surface area contributed by atoms with Crippen molar-refractivity contribution in [3.05, 3.63) is 0 Å². The predicted octanol–water partition coefficient (Wildman–Crippen LogP) is 6.16. The average Bonchev–Trinajstić information content (AvgIpc) is 2.26. The second-order valence-electron chi connectivity index (χ2n) is 6.39. The highest BCUT2D eigenvalue weighted by atomic mass is 14.3. The van der Waals surface area contributed by atoms with Crippen molar-refractivity contribution in [3.63, 3.8) is 0 Å². The Labute approximate surface area is 111 Å². The van der Waals surface area contributed by atoms with E-state index in [4.69, 9.17) is 0 Å². The van der Waals surface area contributed by atoms with Gasteiger partial charge in [-0.15, -0.1) is 0 Å². The molecule has 0 saturated carbocycles. The van der Waals surface area contributed by atoms with Crippen molar-refractivity contribution in [2.45, 2.75) is 80.6 Å². The minimum atomic E-state index is 0.836. The molecule has 4 atom stereocenters. The SMILES string of the molecule is CCCC(C)C(CCC)C(C)C(CC)C(C)C. The van der Waals surface area contributed by atoms with E-state index in [0.29, 0.717) is 0 Å². The first-order chi connectivity index (χ1) is 7.99. The Hall–Kier alpha value is 0. The lowest BCUT2D eigenvalue weighted by molar-refractivity contribution is 0.131. The first-order valence-corrected chi connectivity index (χ1v) is 7.99. The second kappa shape index (κ2) is 9.00. The smallest absolute Gasteiger partial charge is 0.0360 e. The quantitative estimate of drug-likeness (QED) is 0.453. The number of hydrogen-bond donors (Lipinski definition) is 0. The van der Waals surface area contributed by atoms with Gasteiger partial charge in [-0.05, 0) is 29.6 Å². The normalized spacial score (nSPS) is 19.1. The van der Waals surface area contributed by atoms with E-state index in [0.717, 1.165) is 29.6 Å². The summed E-state index contributed by atoms with van der Waals surface area (Å²) in [6, 6.07) is 0. The van der Waals surface area contributed by atoms with Gasteiger partial charge in [-0.1, -0.05) is 80.6 Å². The fraction of sp³-hybridized carbons (Fsp3) is 1.00. The van der Waals surface area contributed by atoms with E-state index in [1.54, 1.807) is 0 Å². The molecule has 17 heavy (non-hydrogen) atoms. The first kappa shape index (κ1) is 17.0. The van der Waals surface area contributed by atoms with Gasteiger partial charge in [0.15, 0.2) is 0 Å². The number of rotatable bonds is 9. The standard InChI is InChI=1S/C17H36/c1-8-11-14(6)17(12-9-2)15(7)16(10-3)13(4)5/h13-17H,8-12H2,1-7H3. The van der Waals surface area contributed by atoms with Crippen LogP contribution < -0.4 is 0 Å². The summed E-state index contributed by atoms with van der Waals surface area (Å²) in [5.41, 5.74) is 0. The third-order valence-corrected chi connectivity index (χ3v) is 4.78. The monoisotopic (exact) mass is 240 g/mol. The van der Waals surface area contributed by atoms with Gasteiger partial charge in [0.2, 0.25) is 0 Å². The fourth-order valence-corrected chi connectivity index (χ4v) is 3.84. The second-order valence-corrected chi connectivity index (χ2v) is 6.39. The zero-order chi connectivity index (χ0) is 13.4. The average molecular weight is 240 g/mol. The summed E-state index contributed by atoms with van der Waals surface area (Å²) < 4.78 is 0. The minimum Gasteiger partial charge on any atom is -0.0654 e. The van der Waals surface area contributed by atoms with Crippen LogP contribution in [0.25, 0.3) is 0 Å². The van der Waals surface area contributed by atoms with Crippen molar-refractivity contribution in [1.82, 2.24) is 0 Å². The van der Waals surface area contributed by atoms with Gasteiger partial charge in [0, 0.05) is 0 Å². The van der Waals surface area contributed by atoms with E-state index in [-0.39, 0.29) is 0 Å². The third kappa shape index (κ3) is 5.44. The Morgan fingerprint density at radius 1 is 0.706 bits per heavy atom. The van der Waals surface area contributed by atoms with Crippen LogP contribution in [0.2, 0.25) is 0 Å². The van der Waals surface area contributed by atoms with Crippen molar-refractivity contribution < 1.29 is 0 Å². The first-order valence-electron chi connectivity index (χ1n) is 7.99. The van der Waals surface area contributed by atoms with E-state index in [1.807, 2.05) is 0 Å². The van der Waals surface area contributed by atoms with Crippen LogP contribution in [0.15, 0.2) is 0 Å². The lowest BCUT2D eigenvalue weighted by atomic mass is 9.69. The van der Waals surface area contributed by atoms with Crippen LogP contribution in [0.1, 0.15) is 80.6 Å². The lowest BCUT2D eigenvalue weighted by Gasteiger charge is -2.36. The summed E-state index contributed by atoms with van der Waals surface area (Å²) in [6.45, 7) is 16.8. The van der Waals surface area contributed by atoms with Crippen LogP contribution in [-0.2, 0) is 0 Å². The van der Waals surface area contributed by atoms with Crippen LogP contribution >= 0.6 is 0 Å². The Morgan fingerprint density at radius 2 is 1.24 bits per heavy atom. The van der Waals surface area contributed by atoms with Gasteiger partial charge in [0.1, 0.15) is 0 Å². The largest absolute Gasteiger partial charge is 0.0654 e. The summed E-state index contributed by atoms with van der Waals surface area (Å²) >= 11 is 0. The summed E-state index contributed by atoms with van der Waals surface area (Å²) in [6.07, 6.45) is 6.86. The molecule has 0 aromatic rings. The molecule has 0 saturated heterocycles. The minimum absolute atomic E-state index is 0.836. The van der Waals surface area contributed by atoms with E-state index in [2.05, 4.69) is 48.5 Å². The Balaban J connectivity index is 4.65. The Bertz CT molecular complexity index is 171. The number of hydrogen-bond acceptors (Lipinski definition) is 0. The molecule has 0 aliphatic heterocycles. The van der Waals surface area contributed by atoms with Crippen molar-refractivity contribution >= 4 is 0 Å². The zero-order valence-corrected chi connectivity index (χ0v) is 13.4. The molecule has 0 aliphatic rings. The van der Waals surface area contributed by atoms with Crippen LogP contribution in [0.5, 0.6) is 0 Å². The van der Waals surface area contributed by atoms with E-state index < -0.39 is 0 Å². The van der Waals surface area contributed by atoms with Gasteiger partial charge in [0.05, 0.1) is 0 Å². The van der Waals surface area contributed by atoms with Gasteiger partial charge in [-0.2, -0.15) is 0 Å². The molecular formula is C17H36. The molecule has 0 fully saturated rings. The molecular weight excluding hydrogens is 204 g/mol. The molecule has 0 bridgehead atoms. The molecule has 0 heteroatoms. The van der Waals surface area contributed by atoms with Gasteiger partial charge in [0.25, 0.3) is 0 Å². The maximum absolute atomic E-state index is 2.51. The van der Waals surface area contributed by atoms with Crippen LogP contribution in [0, 0.1) is 29.6 Å². The van der Waals surface area contributed by atoms with Gasteiger partial charge < -0.3 is 0 Å². The predicted molar refractivity (Wildman–Crippen MR) is 80.3 cm³/mol. The molecule has 0 rings (SSSR count). The molecule has 4 unspecified atom stereocenters. The highest BCUT2D eigenvalue weighted by molar-refractivity contribution is 4.78. The lowest BCUT2D eigenvalue weighted by Crippen LogP contribution is -2.28. The van der Waals surface area contributed by atoms with Crippen molar-refractivity contribution in [2.24, 2.45) is 29.6 Å². The maximum atomic E-state index is 2.51. The molecule has 0 aromatic carbocycles. The van der Waals surface area contributed by atoms with Gasteiger partial charge >= 0.3 is 0 Å². The summed E-state index contributed by atoms with van der Waals surface area (Å²) in [5.74, 6) is 4.48. The van der Waals surface area contributed by atoms with Crippen LogP contribution in [0.4, 0.5) is 0 Å². The Kier molecular flexibility index (Phi) is 9.00. The van der Waals surface area contributed by atoms with Crippen LogP contribution in [-0.4, -0.2) is 0 Å². The molecule has 0 spiro atoms. The molecule has 0 heterocycles. The summed E-state index contributed by atoms with van der Waals surface area (Å²) in [4.78, 5) is 0. The molecule has 104 valence electrons. The molecule has 0 aliphatic carbocycles. The van der Waals surface area contributed by atoms with E-state index >= 15 is 0 Å². The van der Waals surface area contributed by atoms with Crippen molar-refractivity contribution in [3.8, 4) is 0 Å². The highest BCUT2D eigenvalue weighted by Crippen LogP contribution is 2.37. The Morgan fingerprint density at radius 3 is 1.59 bits per heavy atom. The molecule has 0 amide bonds. The van der Waals surface area contributed by atoms with E-state index in [9.17, 15) is 0 Å². The topological polar surface area (TPSA) is 0 Å². The van der Waals surface area contributed by atoms with Crippen molar-refractivity contribution in [1.29, 1.82) is 0 Å². The zero-order valence-electron chi connectivity index (χ0n) is 13.4. The van der Waals surface area contributed by atoms with E-state index in [1.165, 1.54) is 32.1 Å². The summed E-state index contributed by atoms with van der Waals surface area (Å²) in [7, 11) is 0. The van der Waals surface area contributed by atoms with Crippen molar-refractivity contribution in [2.75, 3.05) is 0 Å². The summed E-state index contributed by atoms with van der Waals surface area (Å²) in [5, 5.41) is 0. The highest BCUT2D eigenvalue weighted by Gasteiger charge is 2.29. The molecule has 0 N–H and O–H groups in total. The molecule has 0 aromatic heterocycles. The van der Waals surface area contributed by atoms with Gasteiger partial charge in [-0.3, -0.25) is 0 Å². The van der Waals surface area contributed by atoms with Gasteiger partial charge in [-0.25, -0.2) is 0 Å². The third-order valence-electron chi connectivity index (χ3n) is 4.78. The van der Waals surface area contributed by atoms with Crippen LogP contribution in [0.3, 0.4) is 0 Å². The molecule has 0 nitrogen and oxygen atoms in total. The molecule has 0 radical (unpaired) electrons. The fourth-order valence-electron chi connectivity index (χ4n) is 3.84. The maximum Gasteiger partial charge on any atom is -0.0360 e.